The van der Waals surface area contributed by atoms with E-state index in [1.54, 1.807) is 0 Å². The van der Waals surface area contributed by atoms with E-state index in [4.69, 9.17) is 5.26 Å². The zero-order valence-corrected chi connectivity index (χ0v) is 21.5. The molecule has 6 nitrogen and oxygen atoms in total. The third-order valence-electron chi connectivity index (χ3n) is 6.01. The minimum absolute atomic E-state index is 0. The minimum atomic E-state index is 0. The Kier molecular flexibility index (Phi) is 10.4. The summed E-state index contributed by atoms with van der Waals surface area (Å²) in [5.74, 6) is 6.07. The lowest BCUT2D eigenvalue weighted by Gasteiger charge is -2.34. The first kappa shape index (κ1) is 28.0. The molecule has 2 heterocycles. The maximum absolute atomic E-state index is 13.0. The molecular weight excluding hydrogens is 481 g/mol. The molecule has 0 unspecified atom stereocenters. The van der Waals surface area contributed by atoms with Crippen molar-refractivity contribution in [2.75, 3.05) is 26.2 Å². The number of carbonyl (C=O) groups is 1. The molecule has 0 atom stereocenters. The quantitative estimate of drug-likeness (QED) is 0.481. The van der Waals surface area contributed by atoms with Crippen LogP contribution in [0.2, 0.25) is 0 Å². The van der Waals surface area contributed by atoms with Crippen molar-refractivity contribution in [1.82, 2.24) is 19.4 Å². The molecule has 1 fully saturated rings. The van der Waals surface area contributed by atoms with E-state index in [0.29, 0.717) is 18.7 Å². The Labute approximate surface area is 219 Å². The van der Waals surface area contributed by atoms with Crippen LogP contribution in [0, 0.1) is 30.1 Å². The lowest BCUT2D eigenvalue weighted by Crippen LogP contribution is -2.48. The Balaban J connectivity index is 0.00000216. The van der Waals surface area contributed by atoms with Crippen molar-refractivity contribution in [3.05, 3.63) is 88.5 Å². The van der Waals surface area contributed by atoms with Crippen molar-refractivity contribution >= 4 is 30.7 Å². The molecule has 0 radical (unpaired) electrons. The van der Waals surface area contributed by atoms with Gasteiger partial charge in [0.05, 0.1) is 23.7 Å². The van der Waals surface area contributed by atoms with Gasteiger partial charge in [0.25, 0.3) is 5.91 Å². The highest BCUT2D eigenvalue weighted by Crippen LogP contribution is 2.16. The minimum Gasteiger partial charge on any atom is -0.336 e. The van der Waals surface area contributed by atoms with E-state index >= 15 is 0 Å². The average molecular weight is 510 g/mol. The van der Waals surface area contributed by atoms with E-state index in [0.717, 1.165) is 54.1 Å². The van der Waals surface area contributed by atoms with E-state index in [9.17, 15) is 4.79 Å². The average Bonchev–Trinajstić information content (AvgIpc) is 3.27. The number of carbonyl (C=O) groups excluding carboxylic acids is 1. The Bertz CT molecular complexity index is 1240. The smallest absolute Gasteiger partial charge is 0.253 e. The predicted molar refractivity (Wildman–Crippen MR) is 142 cm³/mol. The van der Waals surface area contributed by atoms with Crippen LogP contribution in [-0.4, -0.2) is 51.4 Å². The maximum Gasteiger partial charge on any atom is 0.253 e. The molecule has 0 aliphatic carbocycles. The van der Waals surface area contributed by atoms with Gasteiger partial charge in [-0.2, -0.15) is 5.26 Å². The second-order valence-electron chi connectivity index (χ2n) is 8.29. The van der Waals surface area contributed by atoms with Crippen LogP contribution in [0.4, 0.5) is 0 Å². The zero-order chi connectivity index (χ0) is 23.2. The number of hydrogen-bond donors (Lipinski definition) is 0. The summed E-state index contributed by atoms with van der Waals surface area (Å²) in [4.78, 5) is 21.6. The van der Waals surface area contributed by atoms with Crippen LogP contribution in [0.1, 0.15) is 45.2 Å². The largest absolute Gasteiger partial charge is 0.336 e. The number of nitrogens with zero attached hydrogens (tertiary/aromatic N) is 5. The molecule has 1 saturated heterocycles. The van der Waals surface area contributed by atoms with Gasteiger partial charge in [-0.25, -0.2) is 4.98 Å². The third kappa shape index (κ3) is 6.87. The normalized spacial score (nSPS) is 13.0. The second-order valence-corrected chi connectivity index (χ2v) is 8.29. The number of nitriles is 1. The number of aryl methyl sites for hydroxylation is 1. The highest BCUT2D eigenvalue weighted by atomic mass is 35.5. The Morgan fingerprint density at radius 2 is 1.74 bits per heavy atom. The van der Waals surface area contributed by atoms with Gasteiger partial charge < -0.3 is 9.47 Å². The topological polar surface area (TPSA) is 65.2 Å². The number of benzene rings is 2. The fourth-order valence-corrected chi connectivity index (χ4v) is 4.10. The van der Waals surface area contributed by atoms with Gasteiger partial charge >= 0.3 is 0 Å². The standard InChI is InChI=1S/C27H27N5O.2ClH/c1-3-4-24-9-10-25(15-21(24)2)27(33)31-13-11-30(12-14-31)19-26-17-29-20-32(26)18-23-7-5-22(16-28)6-8-23;;/h5-10,15,17,20H,11-14,18-19H2,1-2H3;2*1H. The van der Waals surface area contributed by atoms with Crippen LogP contribution >= 0.6 is 24.8 Å². The molecule has 2 aromatic carbocycles. The fourth-order valence-electron chi connectivity index (χ4n) is 4.10. The highest BCUT2D eigenvalue weighted by molar-refractivity contribution is 5.94. The van der Waals surface area contributed by atoms with Crippen molar-refractivity contribution in [2.45, 2.75) is 26.9 Å². The number of rotatable bonds is 5. The number of amides is 1. The Morgan fingerprint density at radius 3 is 2.37 bits per heavy atom. The lowest BCUT2D eigenvalue weighted by atomic mass is 10.0. The Morgan fingerprint density at radius 1 is 1.03 bits per heavy atom. The summed E-state index contributed by atoms with van der Waals surface area (Å²) < 4.78 is 2.14. The first-order valence-electron chi connectivity index (χ1n) is 11.1. The van der Waals surface area contributed by atoms with Gasteiger partial charge in [-0.1, -0.05) is 18.1 Å². The number of imidazole rings is 1. The molecule has 1 aliphatic rings. The molecule has 0 spiro atoms. The van der Waals surface area contributed by atoms with Gasteiger partial charge in [0.15, 0.2) is 0 Å². The van der Waals surface area contributed by atoms with Crippen molar-refractivity contribution in [3.8, 4) is 17.9 Å². The molecule has 4 rings (SSSR count). The molecule has 1 aromatic heterocycles. The molecule has 0 saturated carbocycles. The second kappa shape index (κ2) is 13.0. The van der Waals surface area contributed by atoms with Crippen molar-refractivity contribution in [3.63, 3.8) is 0 Å². The molecular formula is C27H29Cl2N5O. The monoisotopic (exact) mass is 509 g/mol. The first-order valence-corrected chi connectivity index (χ1v) is 11.1. The van der Waals surface area contributed by atoms with E-state index < -0.39 is 0 Å². The first-order chi connectivity index (χ1) is 16.1. The lowest BCUT2D eigenvalue weighted by molar-refractivity contribution is 0.0625. The van der Waals surface area contributed by atoms with Gasteiger partial charge in [0, 0.05) is 56.6 Å². The van der Waals surface area contributed by atoms with Gasteiger partial charge in [0.1, 0.15) is 0 Å². The summed E-state index contributed by atoms with van der Waals surface area (Å²) >= 11 is 0. The van der Waals surface area contributed by atoms with E-state index in [2.05, 4.69) is 32.4 Å². The van der Waals surface area contributed by atoms with Gasteiger partial charge in [-0.3, -0.25) is 9.69 Å². The van der Waals surface area contributed by atoms with Crippen LogP contribution < -0.4 is 0 Å². The van der Waals surface area contributed by atoms with Gasteiger partial charge in [0.2, 0.25) is 0 Å². The number of aromatic nitrogens is 2. The van der Waals surface area contributed by atoms with Crippen LogP contribution in [0.15, 0.2) is 55.0 Å². The molecule has 0 bridgehead atoms. The summed E-state index contributed by atoms with van der Waals surface area (Å²) in [6, 6.07) is 15.6. The van der Waals surface area contributed by atoms with Gasteiger partial charge in [-0.05, 0) is 55.3 Å². The molecule has 8 heteroatoms. The van der Waals surface area contributed by atoms with E-state index in [1.165, 1.54) is 0 Å². The van der Waals surface area contributed by atoms with Crippen LogP contribution in [0.5, 0.6) is 0 Å². The summed E-state index contributed by atoms with van der Waals surface area (Å²) in [6.45, 7) is 8.39. The SMILES string of the molecule is CC#Cc1ccc(C(=O)N2CCN(Cc3cncn3Cc3ccc(C#N)cc3)CC2)cc1C.Cl.Cl. The molecule has 1 aliphatic heterocycles. The Hall–Kier alpha value is -3.29. The van der Waals surface area contributed by atoms with E-state index in [1.807, 2.05) is 73.7 Å². The number of halogens is 2. The zero-order valence-electron chi connectivity index (χ0n) is 19.9. The van der Waals surface area contributed by atoms with Crippen molar-refractivity contribution < 1.29 is 4.79 Å². The van der Waals surface area contributed by atoms with Gasteiger partial charge in [-0.15, -0.1) is 30.7 Å². The van der Waals surface area contributed by atoms with Crippen LogP contribution in [0.25, 0.3) is 0 Å². The molecule has 35 heavy (non-hydrogen) atoms. The summed E-state index contributed by atoms with van der Waals surface area (Å²) in [6.07, 6.45) is 3.76. The molecule has 1 amide bonds. The molecule has 182 valence electrons. The molecule has 3 aromatic rings. The maximum atomic E-state index is 13.0. The fraction of sp³-hybridized carbons (Fsp3) is 0.296. The highest BCUT2D eigenvalue weighted by Gasteiger charge is 2.23. The number of hydrogen-bond acceptors (Lipinski definition) is 4. The van der Waals surface area contributed by atoms with Crippen molar-refractivity contribution in [2.24, 2.45) is 0 Å². The summed E-state index contributed by atoms with van der Waals surface area (Å²) in [5, 5.41) is 8.97. The molecule has 0 N–H and O–H groups in total. The van der Waals surface area contributed by atoms with E-state index in [-0.39, 0.29) is 30.7 Å². The number of piperazine rings is 1. The van der Waals surface area contributed by atoms with Crippen LogP contribution in [0.3, 0.4) is 0 Å². The predicted octanol–water partition coefficient (Wildman–Crippen LogP) is 4.28. The van der Waals surface area contributed by atoms with Crippen LogP contribution in [-0.2, 0) is 13.1 Å². The van der Waals surface area contributed by atoms with Crippen molar-refractivity contribution in [1.29, 1.82) is 5.26 Å². The summed E-state index contributed by atoms with van der Waals surface area (Å²) in [5.41, 5.74) is 5.67. The third-order valence-corrected chi connectivity index (χ3v) is 6.01. The summed E-state index contributed by atoms with van der Waals surface area (Å²) in [7, 11) is 0.